The molecule has 4 N–H and O–H groups in total. The minimum atomic E-state index is -1.18. The zero-order chi connectivity index (χ0) is 27.3. The van der Waals surface area contributed by atoms with Gasteiger partial charge in [0.25, 0.3) is 5.91 Å². The lowest BCUT2D eigenvalue weighted by molar-refractivity contribution is -0.147. The summed E-state index contributed by atoms with van der Waals surface area (Å²) in [5, 5.41) is 5.43. The van der Waals surface area contributed by atoms with E-state index in [9.17, 15) is 14.4 Å². The topological polar surface area (TPSA) is 138 Å². The molecule has 0 saturated carbocycles. The van der Waals surface area contributed by atoms with Gasteiger partial charge in [-0.2, -0.15) is 0 Å². The molecule has 3 aromatic rings. The maximum atomic E-state index is 13.2. The van der Waals surface area contributed by atoms with E-state index in [2.05, 4.69) is 15.6 Å². The molecule has 0 bridgehead atoms. The van der Waals surface area contributed by atoms with Gasteiger partial charge in [0, 0.05) is 19.5 Å². The van der Waals surface area contributed by atoms with Gasteiger partial charge >= 0.3 is 5.97 Å². The van der Waals surface area contributed by atoms with Gasteiger partial charge in [0.1, 0.15) is 12.1 Å². The van der Waals surface area contributed by atoms with Gasteiger partial charge in [-0.1, -0.05) is 54.6 Å². The maximum Gasteiger partial charge on any atom is 0.302 e. The quantitative estimate of drug-likeness (QED) is 0.350. The molecular weight excluding hydrogens is 486 g/mol. The number of nitrogens with two attached hydrogens (primary N) is 1. The second-order valence-electron chi connectivity index (χ2n) is 9.94. The lowest BCUT2D eigenvalue weighted by Crippen LogP contribution is -2.56. The SMILES string of the molecule is CC(=O)OC1Cc2ccccc2C1n1cnc(NC(=O)C(COCc2ccccc2)NC(=O)C(C)(C)N)c1. The summed E-state index contributed by atoms with van der Waals surface area (Å²) in [7, 11) is 0. The van der Waals surface area contributed by atoms with Crippen molar-refractivity contribution in [1.29, 1.82) is 0 Å². The van der Waals surface area contributed by atoms with Crippen molar-refractivity contribution in [2.75, 3.05) is 11.9 Å². The average molecular weight is 520 g/mol. The number of amides is 2. The summed E-state index contributed by atoms with van der Waals surface area (Å²) in [4.78, 5) is 41.8. The molecule has 0 fully saturated rings. The molecule has 10 heteroatoms. The molecule has 2 aromatic carbocycles. The van der Waals surface area contributed by atoms with Gasteiger partial charge in [0.15, 0.2) is 5.82 Å². The van der Waals surface area contributed by atoms with Crippen LogP contribution in [0.1, 0.15) is 43.5 Å². The van der Waals surface area contributed by atoms with Gasteiger partial charge in [-0.05, 0) is 30.5 Å². The molecule has 38 heavy (non-hydrogen) atoms. The van der Waals surface area contributed by atoms with Crippen LogP contribution in [0, 0.1) is 0 Å². The first-order valence-corrected chi connectivity index (χ1v) is 12.4. The van der Waals surface area contributed by atoms with Crippen molar-refractivity contribution in [3.63, 3.8) is 0 Å². The number of ether oxygens (including phenoxy) is 2. The van der Waals surface area contributed by atoms with Crippen LogP contribution in [0.5, 0.6) is 0 Å². The Morgan fingerprint density at radius 2 is 1.84 bits per heavy atom. The van der Waals surface area contributed by atoms with Crippen LogP contribution in [0.25, 0.3) is 0 Å². The Morgan fingerprint density at radius 1 is 1.13 bits per heavy atom. The third-order valence-electron chi connectivity index (χ3n) is 6.24. The molecule has 0 spiro atoms. The third-order valence-corrected chi connectivity index (χ3v) is 6.24. The molecule has 2 amide bonds. The number of hydrogen-bond donors (Lipinski definition) is 3. The number of hydrogen-bond acceptors (Lipinski definition) is 7. The van der Waals surface area contributed by atoms with E-state index < -0.39 is 29.5 Å². The number of nitrogens with zero attached hydrogens (tertiary/aromatic N) is 2. The van der Waals surface area contributed by atoms with Crippen molar-refractivity contribution >= 4 is 23.6 Å². The van der Waals surface area contributed by atoms with E-state index in [-0.39, 0.29) is 31.0 Å². The highest BCUT2D eigenvalue weighted by molar-refractivity contribution is 5.98. The standard InChI is InChI=1S/C28H33N5O5/c1-18(34)38-23-13-20-11-7-8-12-21(20)25(23)33-14-24(30-17-33)32-26(35)22(31-27(36)28(2,3)29)16-37-15-19-9-5-4-6-10-19/h4-12,14,17,22-23,25H,13,15-16,29H2,1-3H3,(H,31,36)(H,32,35). The molecule has 0 radical (unpaired) electrons. The minimum Gasteiger partial charge on any atom is -0.460 e. The molecule has 4 rings (SSSR count). The highest BCUT2D eigenvalue weighted by Crippen LogP contribution is 2.36. The first-order chi connectivity index (χ1) is 18.1. The van der Waals surface area contributed by atoms with Gasteiger partial charge in [0.2, 0.25) is 5.91 Å². The van der Waals surface area contributed by atoms with E-state index >= 15 is 0 Å². The summed E-state index contributed by atoms with van der Waals surface area (Å²) in [5.41, 5.74) is 7.80. The van der Waals surface area contributed by atoms with Crippen molar-refractivity contribution in [1.82, 2.24) is 14.9 Å². The number of carbonyl (C=O) groups is 3. The summed E-state index contributed by atoms with van der Waals surface area (Å²) in [6.07, 6.45) is 3.45. The second kappa shape index (κ2) is 11.6. The molecule has 3 atom stereocenters. The van der Waals surface area contributed by atoms with Gasteiger partial charge in [-0.3, -0.25) is 14.4 Å². The highest BCUT2D eigenvalue weighted by Gasteiger charge is 2.36. The van der Waals surface area contributed by atoms with Crippen LogP contribution in [0.15, 0.2) is 67.1 Å². The van der Waals surface area contributed by atoms with Crippen LogP contribution >= 0.6 is 0 Å². The number of fused-ring (bicyclic) bond motifs is 1. The molecule has 1 aliphatic rings. The van der Waals surface area contributed by atoms with E-state index in [0.717, 1.165) is 16.7 Å². The predicted octanol–water partition coefficient (Wildman–Crippen LogP) is 2.34. The number of imidazole rings is 1. The number of esters is 1. The van der Waals surface area contributed by atoms with Crippen LogP contribution in [-0.2, 0) is 36.9 Å². The summed E-state index contributed by atoms with van der Waals surface area (Å²) in [6, 6.07) is 16.1. The summed E-state index contributed by atoms with van der Waals surface area (Å²) >= 11 is 0. The molecule has 1 aliphatic carbocycles. The Balaban J connectivity index is 1.48. The molecule has 10 nitrogen and oxygen atoms in total. The van der Waals surface area contributed by atoms with Crippen molar-refractivity contribution in [2.45, 2.75) is 57.5 Å². The van der Waals surface area contributed by atoms with Crippen molar-refractivity contribution in [3.8, 4) is 0 Å². The van der Waals surface area contributed by atoms with Crippen LogP contribution in [0.4, 0.5) is 5.82 Å². The zero-order valence-corrected chi connectivity index (χ0v) is 21.7. The molecular formula is C28H33N5O5. The zero-order valence-electron chi connectivity index (χ0n) is 21.7. The lowest BCUT2D eigenvalue weighted by Gasteiger charge is -2.23. The summed E-state index contributed by atoms with van der Waals surface area (Å²) in [5.74, 6) is -1.06. The second-order valence-corrected chi connectivity index (χ2v) is 9.94. The number of anilines is 1. The largest absolute Gasteiger partial charge is 0.460 e. The highest BCUT2D eigenvalue weighted by atomic mass is 16.5. The van der Waals surface area contributed by atoms with E-state index in [0.29, 0.717) is 6.42 Å². The number of rotatable bonds is 10. The van der Waals surface area contributed by atoms with E-state index in [4.69, 9.17) is 15.2 Å². The molecule has 1 heterocycles. The van der Waals surface area contributed by atoms with Crippen LogP contribution in [-0.4, -0.2) is 51.6 Å². The van der Waals surface area contributed by atoms with Crippen LogP contribution < -0.4 is 16.4 Å². The smallest absolute Gasteiger partial charge is 0.302 e. The van der Waals surface area contributed by atoms with Crippen LogP contribution in [0.3, 0.4) is 0 Å². The Kier molecular flexibility index (Phi) is 8.23. The first kappa shape index (κ1) is 27.0. The molecule has 1 aromatic heterocycles. The number of carbonyl (C=O) groups excluding carboxylic acids is 3. The Labute approximate surface area is 221 Å². The van der Waals surface area contributed by atoms with Crippen molar-refractivity contribution < 1.29 is 23.9 Å². The lowest BCUT2D eigenvalue weighted by atomic mass is 10.1. The van der Waals surface area contributed by atoms with Gasteiger partial charge in [0.05, 0.1) is 31.1 Å². The predicted molar refractivity (Wildman–Crippen MR) is 141 cm³/mol. The molecule has 3 unspecified atom stereocenters. The Bertz CT molecular complexity index is 1280. The molecule has 0 saturated heterocycles. The fraction of sp³-hybridized carbons (Fsp3) is 0.357. The third kappa shape index (κ3) is 6.64. The summed E-state index contributed by atoms with van der Waals surface area (Å²) < 4.78 is 13.2. The fourth-order valence-electron chi connectivity index (χ4n) is 4.37. The van der Waals surface area contributed by atoms with Gasteiger partial charge in [-0.15, -0.1) is 0 Å². The van der Waals surface area contributed by atoms with E-state index in [1.165, 1.54) is 6.92 Å². The van der Waals surface area contributed by atoms with E-state index in [1.54, 1.807) is 26.4 Å². The van der Waals surface area contributed by atoms with Gasteiger partial charge < -0.3 is 30.4 Å². The normalized spacial score (nSPS) is 17.4. The van der Waals surface area contributed by atoms with Crippen molar-refractivity contribution in [3.05, 3.63) is 83.8 Å². The number of aromatic nitrogens is 2. The molecule has 0 aliphatic heterocycles. The fourth-order valence-corrected chi connectivity index (χ4v) is 4.37. The van der Waals surface area contributed by atoms with E-state index in [1.807, 2.05) is 59.2 Å². The number of nitrogens with one attached hydrogen (secondary N) is 2. The number of benzene rings is 2. The maximum absolute atomic E-state index is 13.2. The Hall–Kier alpha value is -4.02. The van der Waals surface area contributed by atoms with Crippen LogP contribution in [0.2, 0.25) is 0 Å². The average Bonchev–Trinajstić information content (AvgIpc) is 3.46. The summed E-state index contributed by atoms with van der Waals surface area (Å²) in [6.45, 7) is 4.72. The van der Waals surface area contributed by atoms with Crippen molar-refractivity contribution in [2.24, 2.45) is 5.73 Å². The molecule has 200 valence electrons. The Morgan fingerprint density at radius 3 is 2.55 bits per heavy atom. The van der Waals surface area contributed by atoms with Gasteiger partial charge in [-0.25, -0.2) is 4.98 Å². The minimum absolute atomic E-state index is 0.0617. The first-order valence-electron chi connectivity index (χ1n) is 12.4. The monoisotopic (exact) mass is 519 g/mol.